The molecule has 3 nitrogen and oxygen atoms in total. The summed E-state index contributed by atoms with van der Waals surface area (Å²) in [5, 5.41) is 4.66. The first-order valence-electron chi connectivity index (χ1n) is 6.49. The first-order valence-corrected chi connectivity index (χ1v) is 7.30. The topological polar surface area (TPSA) is 37.8 Å². The zero-order chi connectivity index (χ0) is 12.2. The predicted molar refractivity (Wildman–Crippen MR) is 73.5 cm³/mol. The summed E-state index contributed by atoms with van der Waals surface area (Å²) in [5.74, 6) is 0. The molecule has 0 aliphatic heterocycles. The van der Waals surface area contributed by atoms with E-state index < -0.39 is 0 Å². The van der Waals surface area contributed by atoms with Crippen molar-refractivity contribution >= 4 is 11.3 Å². The van der Waals surface area contributed by atoms with Crippen LogP contribution in [0.2, 0.25) is 0 Å². The first kappa shape index (κ1) is 11.8. The van der Waals surface area contributed by atoms with Gasteiger partial charge in [0.1, 0.15) is 5.01 Å². The second-order valence-electron chi connectivity index (χ2n) is 4.65. The van der Waals surface area contributed by atoms with Gasteiger partial charge in [-0.1, -0.05) is 6.07 Å². The van der Waals surface area contributed by atoms with Gasteiger partial charge in [-0.3, -0.25) is 4.98 Å². The molecule has 18 heavy (non-hydrogen) atoms. The third-order valence-corrected chi connectivity index (χ3v) is 4.38. The number of thiazole rings is 1. The SMILES string of the molecule is c1cncc(CNCc2nc3c(s2)CCCC3)c1. The van der Waals surface area contributed by atoms with Crippen LogP contribution >= 0.6 is 11.3 Å². The Kier molecular flexibility index (Phi) is 3.67. The molecule has 0 bridgehead atoms. The zero-order valence-electron chi connectivity index (χ0n) is 10.4. The van der Waals surface area contributed by atoms with Gasteiger partial charge in [-0.2, -0.15) is 0 Å². The van der Waals surface area contributed by atoms with Crippen LogP contribution in [0.4, 0.5) is 0 Å². The van der Waals surface area contributed by atoms with E-state index in [0.29, 0.717) is 0 Å². The van der Waals surface area contributed by atoms with E-state index in [2.05, 4.69) is 16.4 Å². The van der Waals surface area contributed by atoms with Gasteiger partial charge in [0, 0.05) is 30.4 Å². The third kappa shape index (κ3) is 2.76. The molecule has 94 valence electrons. The molecule has 2 aromatic rings. The molecular formula is C14H17N3S. The van der Waals surface area contributed by atoms with Gasteiger partial charge in [-0.05, 0) is 37.3 Å². The molecule has 0 radical (unpaired) electrons. The highest BCUT2D eigenvalue weighted by Crippen LogP contribution is 2.26. The number of hydrogen-bond donors (Lipinski definition) is 1. The Balaban J connectivity index is 1.55. The Morgan fingerprint density at radius 3 is 3.00 bits per heavy atom. The normalized spacial score (nSPS) is 14.4. The molecule has 0 saturated carbocycles. The van der Waals surface area contributed by atoms with Gasteiger partial charge in [0.15, 0.2) is 0 Å². The van der Waals surface area contributed by atoms with Crippen molar-refractivity contribution in [1.29, 1.82) is 0 Å². The average Bonchev–Trinajstić information content (AvgIpc) is 2.82. The van der Waals surface area contributed by atoms with E-state index in [0.717, 1.165) is 13.1 Å². The monoisotopic (exact) mass is 259 g/mol. The Hall–Kier alpha value is -1.26. The van der Waals surface area contributed by atoms with Crippen molar-refractivity contribution < 1.29 is 0 Å². The quantitative estimate of drug-likeness (QED) is 0.917. The van der Waals surface area contributed by atoms with Crippen LogP contribution in [0, 0.1) is 0 Å². The molecule has 0 aromatic carbocycles. The van der Waals surface area contributed by atoms with Crippen molar-refractivity contribution in [2.45, 2.75) is 38.8 Å². The lowest BCUT2D eigenvalue weighted by Crippen LogP contribution is -2.12. The Labute approximate surface area is 111 Å². The minimum absolute atomic E-state index is 0.859. The molecular weight excluding hydrogens is 242 g/mol. The van der Waals surface area contributed by atoms with Crippen molar-refractivity contribution in [3.63, 3.8) is 0 Å². The number of pyridine rings is 1. The van der Waals surface area contributed by atoms with E-state index in [4.69, 9.17) is 4.98 Å². The van der Waals surface area contributed by atoms with Crippen LogP contribution in [0.1, 0.15) is 34.0 Å². The number of nitrogens with zero attached hydrogens (tertiary/aromatic N) is 2. The molecule has 0 unspecified atom stereocenters. The van der Waals surface area contributed by atoms with Crippen LogP contribution in [-0.2, 0) is 25.9 Å². The van der Waals surface area contributed by atoms with E-state index in [-0.39, 0.29) is 0 Å². The third-order valence-electron chi connectivity index (χ3n) is 3.22. The van der Waals surface area contributed by atoms with Crippen LogP contribution in [0.15, 0.2) is 24.5 Å². The van der Waals surface area contributed by atoms with Gasteiger partial charge in [0.2, 0.25) is 0 Å². The molecule has 2 aromatic heterocycles. The number of aryl methyl sites for hydroxylation is 2. The Morgan fingerprint density at radius 2 is 2.17 bits per heavy atom. The summed E-state index contributed by atoms with van der Waals surface area (Å²) in [5.41, 5.74) is 2.57. The lowest BCUT2D eigenvalue weighted by molar-refractivity contribution is 0.666. The maximum Gasteiger partial charge on any atom is 0.107 e. The molecule has 0 spiro atoms. The smallest absolute Gasteiger partial charge is 0.107 e. The highest BCUT2D eigenvalue weighted by Gasteiger charge is 2.14. The highest BCUT2D eigenvalue weighted by molar-refractivity contribution is 7.11. The number of fused-ring (bicyclic) bond motifs is 1. The molecule has 3 rings (SSSR count). The van der Waals surface area contributed by atoms with E-state index in [1.165, 1.54) is 46.8 Å². The molecule has 1 N–H and O–H groups in total. The van der Waals surface area contributed by atoms with Crippen LogP contribution in [0.5, 0.6) is 0 Å². The van der Waals surface area contributed by atoms with Gasteiger partial charge in [-0.25, -0.2) is 4.98 Å². The molecule has 0 fully saturated rings. The van der Waals surface area contributed by atoms with Crippen molar-refractivity contribution in [2.24, 2.45) is 0 Å². The Bertz CT molecular complexity index is 484. The highest BCUT2D eigenvalue weighted by atomic mass is 32.1. The van der Waals surface area contributed by atoms with E-state index in [9.17, 15) is 0 Å². The first-order chi connectivity index (χ1) is 8.92. The van der Waals surface area contributed by atoms with E-state index in [1.807, 2.05) is 23.6 Å². The summed E-state index contributed by atoms with van der Waals surface area (Å²) in [7, 11) is 0. The van der Waals surface area contributed by atoms with Crippen molar-refractivity contribution in [3.8, 4) is 0 Å². The number of aromatic nitrogens is 2. The molecule has 1 aliphatic rings. The minimum atomic E-state index is 0.859. The summed E-state index contributed by atoms with van der Waals surface area (Å²) in [4.78, 5) is 10.3. The summed E-state index contributed by atoms with van der Waals surface area (Å²) in [6, 6.07) is 4.06. The molecule has 0 saturated heterocycles. The van der Waals surface area contributed by atoms with Crippen LogP contribution < -0.4 is 5.32 Å². The van der Waals surface area contributed by atoms with Crippen molar-refractivity contribution in [2.75, 3.05) is 0 Å². The van der Waals surface area contributed by atoms with Crippen LogP contribution in [0.3, 0.4) is 0 Å². The van der Waals surface area contributed by atoms with Gasteiger partial charge in [0.25, 0.3) is 0 Å². The summed E-state index contributed by atoms with van der Waals surface area (Å²) in [6.07, 6.45) is 8.75. The second-order valence-corrected chi connectivity index (χ2v) is 5.82. The molecule has 0 amide bonds. The van der Waals surface area contributed by atoms with E-state index >= 15 is 0 Å². The lowest BCUT2D eigenvalue weighted by atomic mass is 10.0. The van der Waals surface area contributed by atoms with Crippen LogP contribution in [-0.4, -0.2) is 9.97 Å². The number of nitrogens with one attached hydrogen (secondary N) is 1. The molecule has 4 heteroatoms. The summed E-state index contributed by atoms with van der Waals surface area (Å²) in [6.45, 7) is 1.73. The van der Waals surface area contributed by atoms with Crippen molar-refractivity contribution in [1.82, 2.24) is 15.3 Å². The second kappa shape index (κ2) is 5.59. The fourth-order valence-electron chi connectivity index (χ4n) is 2.30. The number of rotatable bonds is 4. The maximum atomic E-state index is 4.72. The standard InChI is InChI=1S/C14H17N3S/c1-2-6-13-12(5-1)17-14(18-13)10-16-9-11-4-3-7-15-8-11/h3-4,7-8,16H,1-2,5-6,9-10H2. The predicted octanol–water partition coefficient (Wildman–Crippen LogP) is 2.71. The molecule has 2 heterocycles. The number of hydrogen-bond acceptors (Lipinski definition) is 4. The molecule has 0 atom stereocenters. The fourth-order valence-corrected chi connectivity index (χ4v) is 3.42. The lowest BCUT2D eigenvalue weighted by Gasteiger charge is -2.06. The summed E-state index contributed by atoms with van der Waals surface area (Å²) >= 11 is 1.88. The van der Waals surface area contributed by atoms with Gasteiger partial charge in [-0.15, -0.1) is 11.3 Å². The fraction of sp³-hybridized carbons (Fsp3) is 0.429. The van der Waals surface area contributed by atoms with Gasteiger partial charge in [0.05, 0.1) is 5.69 Å². The zero-order valence-corrected chi connectivity index (χ0v) is 11.2. The van der Waals surface area contributed by atoms with Gasteiger partial charge >= 0.3 is 0 Å². The minimum Gasteiger partial charge on any atom is -0.306 e. The summed E-state index contributed by atoms with van der Waals surface area (Å²) < 4.78 is 0. The van der Waals surface area contributed by atoms with Gasteiger partial charge < -0.3 is 5.32 Å². The maximum absolute atomic E-state index is 4.72. The largest absolute Gasteiger partial charge is 0.306 e. The Morgan fingerprint density at radius 1 is 1.22 bits per heavy atom. The van der Waals surface area contributed by atoms with Crippen LogP contribution in [0.25, 0.3) is 0 Å². The molecule has 1 aliphatic carbocycles. The van der Waals surface area contributed by atoms with Crippen molar-refractivity contribution in [3.05, 3.63) is 45.7 Å². The van der Waals surface area contributed by atoms with E-state index in [1.54, 1.807) is 6.20 Å². The average molecular weight is 259 g/mol.